The molecule has 29 heavy (non-hydrogen) atoms. The fraction of sp³-hybridized carbons (Fsp3) is 0.0625. The van der Waals surface area contributed by atoms with E-state index in [9.17, 15) is 22.0 Å². The summed E-state index contributed by atoms with van der Waals surface area (Å²) in [6, 6.07) is 4.61. The molecule has 0 saturated heterocycles. The Kier molecular flexibility index (Phi) is 5.81. The van der Waals surface area contributed by atoms with E-state index in [2.05, 4.69) is 10.3 Å². The summed E-state index contributed by atoms with van der Waals surface area (Å²) in [7, 11) is -4.64. The fourth-order valence-electron chi connectivity index (χ4n) is 2.41. The molecule has 0 saturated carbocycles. The molecule has 13 heteroatoms. The van der Waals surface area contributed by atoms with Crippen LogP contribution in [0.4, 0.5) is 8.78 Å². The van der Waals surface area contributed by atoms with Gasteiger partial charge in [-0.1, -0.05) is 40.0 Å². The van der Waals surface area contributed by atoms with E-state index in [1.165, 1.54) is 19.1 Å². The predicted molar refractivity (Wildman–Crippen MR) is 102 cm³/mol. The molecule has 0 radical (unpaired) electrons. The zero-order valence-corrected chi connectivity index (χ0v) is 17.3. The number of rotatable bonds is 4. The quantitative estimate of drug-likeness (QED) is 0.609. The third-order valence-corrected chi connectivity index (χ3v) is 5.87. The Labute approximate surface area is 178 Å². The van der Waals surface area contributed by atoms with Crippen molar-refractivity contribution in [3.05, 3.63) is 68.4 Å². The first-order chi connectivity index (χ1) is 13.5. The van der Waals surface area contributed by atoms with Crippen molar-refractivity contribution >= 4 is 50.7 Å². The van der Waals surface area contributed by atoms with Crippen molar-refractivity contribution < 1.29 is 22.0 Å². The second-order valence-electron chi connectivity index (χ2n) is 5.66. The number of amides is 1. The van der Waals surface area contributed by atoms with Crippen LogP contribution in [0.5, 0.6) is 0 Å². The molecule has 0 fully saturated rings. The first kappa shape index (κ1) is 21.4. The molecule has 0 aliphatic carbocycles. The Hall–Kier alpha value is -2.27. The van der Waals surface area contributed by atoms with E-state index in [4.69, 9.17) is 34.8 Å². The minimum atomic E-state index is -4.64. The number of carbonyl (C=O) groups is 1. The van der Waals surface area contributed by atoms with Gasteiger partial charge in [0.25, 0.3) is 15.9 Å². The lowest BCUT2D eigenvalue weighted by Crippen LogP contribution is -2.32. The Morgan fingerprint density at radius 1 is 1.10 bits per heavy atom. The summed E-state index contributed by atoms with van der Waals surface area (Å²) in [6.07, 6.45) is 0. The lowest BCUT2D eigenvalue weighted by Gasteiger charge is -2.09. The van der Waals surface area contributed by atoms with Crippen LogP contribution >= 0.6 is 34.8 Å². The van der Waals surface area contributed by atoms with Crippen LogP contribution in [-0.2, 0) is 10.0 Å². The van der Waals surface area contributed by atoms with Gasteiger partial charge in [0.05, 0.1) is 15.7 Å². The van der Waals surface area contributed by atoms with E-state index < -0.39 is 32.5 Å². The van der Waals surface area contributed by atoms with E-state index in [0.29, 0.717) is 12.1 Å². The van der Waals surface area contributed by atoms with Gasteiger partial charge in [-0.2, -0.15) is 0 Å². The summed E-state index contributed by atoms with van der Waals surface area (Å²) < 4.78 is 54.1. The molecule has 152 valence electrons. The molecular weight excluding hydrogens is 473 g/mol. The Balaban J connectivity index is 1.96. The van der Waals surface area contributed by atoms with Crippen molar-refractivity contribution in [1.29, 1.82) is 0 Å². The molecule has 0 unspecified atom stereocenters. The lowest BCUT2D eigenvalue weighted by molar-refractivity contribution is 0.0976. The number of nitrogens with one attached hydrogen (secondary N) is 1. The van der Waals surface area contributed by atoms with Crippen LogP contribution in [0.15, 0.2) is 35.2 Å². The smallest absolute Gasteiger partial charge is 0.266 e. The van der Waals surface area contributed by atoms with Crippen LogP contribution in [0.2, 0.25) is 15.1 Å². The number of halogens is 5. The third kappa shape index (κ3) is 4.20. The van der Waals surface area contributed by atoms with Gasteiger partial charge in [0.2, 0.25) is 0 Å². The van der Waals surface area contributed by atoms with Gasteiger partial charge in [-0.3, -0.25) is 4.79 Å². The number of aromatic nitrogens is 3. The maximum Gasteiger partial charge on any atom is 0.287 e. The summed E-state index contributed by atoms with van der Waals surface area (Å²) in [5.74, 6) is -3.51. The number of nitrogens with zero attached hydrogens (tertiary/aromatic N) is 3. The monoisotopic (exact) mass is 480 g/mol. The Morgan fingerprint density at radius 2 is 1.72 bits per heavy atom. The van der Waals surface area contributed by atoms with Gasteiger partial charge in [-0.15, -0.1) is 5.10 Å². The van der Waals surface area contributed by atoms with E-state index in [-0.39, 0.29) is 32.1 Å². The molecular formula is C16H9Cl3F2N4O3S. The van der Waals surface area contributed by atoms with Gasteiger partial charge in [0.1, 0.15) is 22.2 Å². The average Bonchev–Trinajstić information content (AvgIpc) is 2.94. The highest BCUT2D eigenvalue weighted by molar-refractivity contribution is 7.90. The minimum absolute atomic E-state index is 0.100. The topological polar surface area (TPSA) is 93.9 Å². The number of sulfonamides is 1. The zero-order valence-electron chi connectivity index (χ0n) is 14.3. The molecule has 1 heterocycles. The van der Waals surface area contributed by atoms with Crippen molar-refractivity contribution in [2.45, 2.75) is 11.8 Å². The molecule has 2 aromatic carbocycles. The highest BCUT2D eigenvalue weighted by atomic mass is 35.5. The van der Waals surface area contributed by atoms with Gasteiger partial charge >= 0.3 is 0 Å². The highest BCUT2D eigenvalue weighted by Gasteiger charge is 2.27. The first-order valence-corrected chi connectivity index (χ1v) is 10.2. The van der Waals surface area contributed by atoms with Crippen LogP contribution in [0, 0.1) is 18.6 Å². The summed E-state index contributed by atoms with van der Waals surface area (Å²) in [5.41, 5.74) is -0.101. The number of hydrogen-bond acceptors (Lipinski definition) is 5. The molecule has 0 bridgehead atoms. The summed E-state index contributed by atoms with van der Waals surface area (Å²) >= 11 is 18.1. The minimum Gasteiger partial charge on any atom is -0.266 e. The summed E-state index contributed by atoms with van der Waals surface area (Å²) in [5, 5.41) is 7.91. The fourth-order valence-corrected chi connectivity index (χ4v) is 4.40. The molecule has 1 aromatic heterocycles. The van der Waals surface area contributed by atoms with Crippen molar-refractivity contribution in [3.8, 4) is 5.69 Å². The molecule has 7 nitrogen and oxygen atoms in total. The number of benzene rings is 2. The zero-order chi connectivity index (χ0) is 21.5. The van der Waals surface area contributed by atoms with E-state index in [1.807, 2.05) is 0 Å². The molecule has 0 spiro atoms. The van der Waals surface area contributed by atoms with Crippen LogP contribution < -0.4 is 4.72 Å². The van der Waals surface area contributed by atoms with E-state index >= 15 is 0 Å². The molecule has 0 aliphatic heterocycles. The number of carbonyl (C=O) groups excluding carboxylic acids is 1. The van der Waals surface area contributed by atoms with E-state index in [1.54, 1.807) is 4.72 Å². The van der Waals surface area contributed by atoms with Crippen molar-refractivity contribution in [3.63, 3.8) is 0 Å². The average molecular weight is 482 g/mol. The predicted octanol–water partition coefficient (Wildman–Crippen LogP) is 3.93. The second-order valence-corrected chi connectivity index (χ2v) is 8.56. The summed E-state index contributed by atoms with van der Waals surface area (Å²) in [6.45, 7) is 1.42. The normalized spacial score (nSPS) is 11.5. The molecule has 3 aromatic rings. The lowest BCUT2D eigenvalue weighted by atomic mass is 10.3. The van der Waals surface area contributed by atoms with Crippen LogP contribution in [-0.4, -0.2) is 29.3 Å². The Morgan fingerprint density at radius 3 is 2.31 bits per heavy atom. The summed E-state index contributed by atoms with van der Waals surface area (Å²) in [4.78, 5) is 11.5. The standard InChI is InChI=1S/C16H9Cl3F2N4O3S/c1-7-14(22-24-25(7)15-10(18)4-8(17)5-11(15)19)16(26)23-29(27,28)13-3-2-9(20)6-12(13)21/h2-6H,1H3,(H,23,26). The van der Waals surface area contributed by atoms with E-state index in [0.717, 1.165) is 10.7 Å². The van der Waals surface area contributed by atoms with Crippen LogP contribution in [0.1, 0.15) is 16.2 Å². The van der Waals surface area contributed by atoms with Crippen molar-refractivity contribution in [1.82, 2.24) is 19.7 Å². The molecule has 0 atom stereocenters. The first-order valence-electron chi connectivity index (χ1n) is 7.60. The van der Waals surface area contributed by atoms with Crippen molar-refractivity contribution in [2.75, 3.05) is 0 Å². The Bertz CT molecular complexity index is 1230. The highest BCUT2D eigenvalue weighted by Crippen LogP contribution is 2.32. The van der Waals surface area contributed by atoms with Gasteiger partial charge in [0, 0.05) is 11.1 Å². The van der Waals surface area contributed by atoms with Gasteiger partial charge in [-0.05, 0) is 31.2 Å². The molecule has 1 N–H and O–H groups in total. The van der Waals surface area contributed by atoms with Crippen molar-refractivity contribution in [2.24, 2.45) is 0 Å². The molecule has 3 rings (SSSR count). The van der Waals surface area contributed by atoms with Crippen LogP contribution in [0.3, 0.4) is 0 Å². The number of hydrogen-bond donors (Lipinski definition) is 1. The maximum atomic E-state index is 13.8. The van der Waals surface area contributed by atoms with Gasteiger partial charge in [-0.25, -0.2) is 26.6 Å². The maximum absolute atomic E-state index is 13.8. The van der Waals surface area contributed by atoms with Gasteiger partial charge < -0.3 is 0 Å². The molecule has 0 aliphatic rings. The largest absolute Gasteiger partial charge is 0.287 e. The van der Waals surface area contributed by atoms with Gasteiger partial charge in [0.15, 0.2) is 5.69 Å². The third-order valence-electron chi connectivity index (χ3n) is 3.71. The SMILES string of the molecule is Cc1c(C(=O)NS(=O)(=O)c2ccc(F)cc2F)nnn1-c1c(Cl)cc(Cl)cc1Cl. The second kappa shape index (κ2) is 7.86. The van der Waals surface area contributed by atoms with Crippen LogP contribution in [0.25, 0.3) is 5.69 Å². The molecule has 1 amide bonds.